The van der Waals surface area contributed by atoms with Gasteiger partial charge in [-0.05, 0) is 81.5 Å². The molecule has 3 heteroatoms. The molecule has 3 nitrogen and oxygen atoms in total. The van der Waals surface area contributed by atoms with Crippen LogP contribution in [0.2, 0.25) is 0 Å². The van der Waals surface area contributed by atoms with Crippen LogP contribution in [0.25, 0.3) is 0 Å². The molecule has 0 aromatic rings. The Morgan fingerprint density at radius 3 is 2.54 bits per heavy atom. The highest BCUT2D eigenvalue weighted by Gasteiger charge is 2.65. The maximum absolute atomic E-state index is 12.2. The molecule has 2 N–H and O–H groups in total. The van der Waals surface area contributed by atoms with Gasteiger partial charge < -0.3 is 10.2 Å². The van der Waals surface area contributed by atoms with E-state index in [9.17, 15) is 15.0 Å². The largest absolute Gasteiger partial charge is 0.393 e. The van der Waals surface area contributed by atoms with Gasteiger partial charge in [-0.2, -0.15) is 0 Å². The minimum atomic E-state index is -1.11. The standard InChI is InChI=1S/C21H32O3/c1-13(22)21(24)11-8-18-16-5-4-14-12-15(23)6-9-19(14,2)17(16)7-10-20(18,21)3/h4,15-18,23-24H,5-12H2,1-3H3/t15-,16?,17?,18?,19-,20-,21-/m0/s1. The molecule has 0 spiro atoms. The average molecular weight is 332 g/mol. The van der Waals surface area contributed by atoms with Gasteiger partial charge in [0.25, 0.3) is 0 Å². The van der Waals surface area contributed by atoms with Crippen molar-refractivity contribution in [2.45, 2.75) is 83.8 Å². The summed E-state index contributed by atoms with van der Waals surface area (Å²) in [5, 5.41) is 21.2. The first kappa shape index (κ1) is 16.8. The molecule has 0 aromatic heterocycles. The minimum Gasteiger partial charge on any atom is -0.393 e. The number of allylic oxidation sites excluding steroid dienone is 1. The Kier molecular flexibility index (Phi) is 3.61. The second kappa shape index (κ2) is 5.17. The zero-order valence-electron chi connectivity index (χ0n) is 15.3. The summed E-state index contributed by atoms with van der Waals surface area (Å²) in [4.78, 5) is 12.2. The Balaban J connectivity index is 1.69. The number of ketones is 1. The van der Waals surface area contributed by atoms with Crippen LogP contribution in [0.15, 0.2) is 11.6 Å². The lowest BCUT2D eigenvalue weighted by molar-refractivity contribution is -0.159. The summed E-state index contributed by atoms with van der Waals surface area (Å²) in [5.74, 6) is 1.65. The van der Waals surface area contributed by atoms with Gasteiger partial charge in [-0.25, -0.2) is 0 Å². The van der Waals surface area contributed by atoms with Crippen molar-refractivity contribution in [2.24, 2.45) is 28.6 Å². The van der Waals surface area contributed by atoms with Crippen LogP contribution in [0, 0.1) is 28.6 Å². The van der Waals surface area contributed by atoms with Crippen molar-refractivity contribution in [3.05, 3.63) is 11.6 Å². The maximum atomic E-state index is 12.2. The Morgan fingerprint density at radius 1 is 1.12 bits per heavy atom. The van der Waals surface area contributed by atoms with Crippen molar-refractivity contribution in [3.8, 4) is 0 Å². The molecule has 4 rings (SSSR count). The molecule has 0 amide bonds. The second-order valence-electron chi connectivity index (χ2n) is 9.57. The van der Waals surface area contributed by atoms with Gasteiger partial charge in [0, 0.05) is 5.41 Å². The molecule has 0 aromatic carbocycles. The van der Waals surface area contributed by atoms with E-state index >= 15 is 0 Å². The normalized spacial score (nSPS) is 53.6. The molecule has 0 aliphatic heterocycles. The lowest BCUT2D eigenvalue weighted by atomic mass is 9.47. The third-order valence-corrected chi connectivity index (χ3v) is 8.81. The van der Waals surface area contributed by atoms with Gasteiger partial charge in [-0.3, -0.25) is 4.79 Å². The van der Waals surface area contributed by atoms with Gasteiger partial charge in [-0.1, -0.05) is 25.5 Å². The van der Waals surface area contributed by atoms with Gasteiger partial charge in [0.2, 0.25) is 0 Å². The lowest BCUT2D eigenvalue weighted by Gasteiger charge is -2.58. The number of aliphatic hydroxyl groups excluding tert-OH is 1. The van der Waals surface area contributed by atoms with E-state index in [1.165, 1.54) is 5.57 Å². The molecule has 0 radical (unpaired) electrons. The fourth-order valence-corrected chi connectivity index (χ4v) is 7.24. The maximum Gasteiger partial charge on any atom is 0.161 e. The minimum absolute atomic E-state index is 0.0370. The Bertz CT molecular complexity index is 596. The third kappa shape index (κ3) is 1.94. The van der Waals surface area contributed by atoms with E-state index in [4.69, 9.17) is 0 Å². The summed E-state index contributed by atoms with van der Waals surface area (Å²) in [6, 6.07) is 0. The molecule has 7 atom stereocenters. The van der Waals surface area contributed by atoms with E-state index in [1.54, 1.807) is 6.92 Å². The van der Waals surface area contributed by atoms with Crippen LogP contribution in [-0.2, 0) is 4.79 Å². The summed E-state index contributed by atoms with van der Waals surface area (Å²) in [6.45, 7) is 6.16. The van der Waals surface area contributed by atoms with Gasteiger partial charge >= 0.3 is 0 Å². The predicted molar refractivity (Wildman–Crippen MR) is 93.3 cm³/mol. The third-order valence-electron chi connectivity index (χ3n) is 8.81. The number of carbonyl (C=O) groups is 1. The summed E-state index contributed by atoms with van der Waals surface area (Å²) in [7, 11) is 0. The molecule has 4 aliphatic rings. The first-order valence-electron chi connectivity index (χ1n) is 9.83. The Hall–Kier alpha value is -0.670. The monoisotopic (exact) mass is 332 g/mol. The molecule has 3 saturated carbocycles. The van der Waals surface area contributed by atoms with Crippen LogP contribution in [0.5, 0.6) is 0 Å². The topological polar surface area (TPSA) is 57.5 Å². The molecule has 4 aliphatic carbocycles. The number of carbonyl (C=O) groups excluding carboxylic acids is 1. The van der Waals surface area contributed by atoms with Gasteiger partial charge in [0.15, 0.2) is 5.78 Å². The first-order chi connectivity index (χ1) is 11.2. The van der Waals surface area contributed by atoms with E-state index in [-0.39, 0.29) is 22.7 Å². The van der Waals surface area contributed by atoms with Crippen molar-refractivity contribution < 1.29 is 15.0 Å². The number of aliphatic hydroxyl groups is 2. The summed E-state index contributed by atoms with van der Waals surface area (Å²) < 4.78 is 0. The highest BCUT2D eigenvalue weighted by molar-refractivity contribution is 5.86. The number of hydrogen-bond donors (Lipinski definition) is 2. The second-order valence-corrected chi connectivity index (χ2v) is 9.57. The molecule has 3 unspecified atom stereocenters. The molecule has 0 heterocycles. The van der Waals surface area contributed by atoms with Crippen molar-refractivity contribution in [3.63, 3.8) is 0 Å². The summed E-state index contributed by atoms with van der Waals surface area (Å²) >= 11 is 0. The Labute approximate surface area is 145 Å². The van der Waals surface area contributed by atoms with E-state index in [0.29, 0.717) is 24.2 Å². The number of rotatable bonds is 1. The van der Waals surface area contributed by atoms with Crippen LogP contribution in [0.3, 0.4) is 0 Å². The van der Waals surface area contributed by atoms with Crippen LogP contribution < -0.4 is 0 Å². The smallest absolute Gasteiger partial charge is 0.161 e. The average Bonchev–Trinajstić information content (AvgIpc) is 2.81. The molecule has 134 valence electrons. The SMILES string of the molecule is CC(=O)[C@@]1(O)CCC2C3CC=C4C[C@@H](O)CC[C@]4(C)C3CC[C@@]21C. The van der Waals surface area contributed by atoms with Crippen molar-refractivity contribution in [1.29, 1.82) is 0 Å². The van der Waals surface area contributed by atoms with E-state index in [2.05, 4.69) is 19.9 Å². The van der Waals surface area contributed by atoms with E-state index < -0.39 is 5.60 Å². The molecule has 3 fully saturated rings. The number of hydrogen-bond acceptors (Lipinski definition) is 3. The molecule has 24 heavy (non-hydrogen) atoms. The quantitative estimate of drug-likeness (QED) is 0.721. The van der Waals surface area contributed by atoms with E-state index in [0.717, 1.165) is 44.9 Å². The van der Waals surface area contributed by atoms with Gasteiger partial charge in [0.05, 0.1) is 6.10 Å². The molecular weight excluding hydrogens is 300 g/mol. The number of fused-ring (bicyclic) bond motifs is 5. The van der Waals surface area contributed by atoms with Crippen LogP contribution in [-0.4, -0.2) is 27.7 Å². The first-order valence-corrected chi connectivity index (χ1v) is 9.83. The van der Waals surface area contributed by atoms with Gasteiger partial charge in [0.1, 0.15) is 5.60 Å². The summed E-state index contributed by atoms with van der Waals surface area (Å²) in [5.41, 5.74) is 0.331. The van der Waals surface area contributed by atoms with Crippen LogP contribution >= 0.6 is 0 Å². The predicted octanol–water partition coefficient (Wildman–Crippen LogP) is 3.63. The fraction of sp³-hybridized carbons (Fsp3) is 0.857. The van der Waals surface area contributed by atoms with Crippen molar-refractivity contribution in [1.82, 2.24) is 0 Å². The fourth-order valence-electron chi connectivity index (χ4n) is 7.24. The van der Waals surface area contributed by atoms with E-state index in [1.807, 2.05) is 0 Å². The van der Waals surface area contributed by atoms with Crippen molar-refractivity contribution in [2.75, 3.05) is 0 Å². The lowest BCUT2D eigenvalue weighted by Crippen LogP contribution is -2.56. The zero-order valence-corrected chi connectivity index (χ0v) is 15.3. The van der Waals surface area contributed by atoms with Crippen LogP contribution in [0.4, 0.5) is 0 Å². The van der Waals surface area contributed by atoms with Crippen molar-refractivity contribution >= 4 is 5.78 Å². The number of Topliss-reactive ketones (excluding diaryl/α,β-unsaturated/α-hetero) is 1. The highest BCUT2D eigenvalue weighted by Crippen LogP contribution is 2.67. The van der Waals surface area contributed by atoms with Crippen LogP contribution in [0.1, 0.15) is 72.1 Å². The zero-order chi connectivity index (χ0) is 17.3. The molecule has 0 saturated heterocycles. The summed E-state index contributed by atoms with van der Waals surface area (Å²) in [6.07, 6.45) is 9.84. The van der Waals surface area contributed by atoms with Gasteiger partial charge in [-0.15, -0.1) is 0 Å². The highest BCUT2D eigenvalue weighted by atomic mass is 16.3. The molecular formula is C21H32O3. The Morgan fingerprint density at radius 2 is 1.83 bits per heavy atom. The molecule has 0 bridgehead atoms.